The van der Waals surface area contributed by atoms with Crippen LogP contribution in [0.3, 0.4) is 0 Å². The van der Waals surface area contributed by atoms with Crippen LogP contribution in [0.1, 0.15) is 66.2 Å². The van der Waals surface area contributed by atoms with E-state index in [-0.39, 0.29) is 17.1 Å². The van der Waals surface area contributed by atoms with Crippen molar-refractivity contribution in [2.75, 3.05) is 0 Å². The Kier molecular flexibility index (Phi) is 2.97. The van der Waals surface area contributed by atoms with Crippen LogP contribution in [0.4, 0.5) is 0 Å². The van der Waals surface area contributed by atoms with Gasteiger partial charge in [-0.3, -0.25) is 10.1 Å². The molecule has 3 heteroatoms. The lowest BCUT2D eigenvalue weighted by atomic mass is 9.72. The van der Waals surface area contributed by atoms with E-state index >= 15 is 0 Å². The van der Waals surface area contributed by atoms with Gasteiger partial charge in [0.2, 0.25) is 5.91 Å². The molecule has 2 saturated carbocycles. The van der Waals surface area contributed by atoms with Crippen LogP contribution < -0.4 is 5.32 Å². The van der Waals surface area contributed by atoms with E-state index in [2.05, 4.69) is 37.9 Å². The third kappa shape index (κ3) is 2.01. The van der Waals surface area contributed by atoms with Gasteiger partial charge in [0.25, 0.3) is 0 Å². The fourth-order valence-electron chi connectivity index (χ4n) is 4.09. The van der Waals surface area contributed by atoms with Gasteiger partial charge in [-0.05, 0) is 37.0 Å². The van der Waals surface area contributed by atoms with Crippen LogP contribution in [0.2, 0.25) is 0 Å². The van der Waals surface area contributed by atoms with Gasteiger partial charge in [-0.2, -0.15) is 0 Å². The molecular weight excluding hydrogens is 236 g/mol. The number of amides is 1. The van der Waals surface area contributed by atoms with Crippen molar-refractivity contribution in [3.63, 3.8) is 0 Å². The van der Waals surface area contributed by atoms with Crippen LogP contribution in [-0.2, 0) is 4.79 Å². The maximum Gasteiger partial charge on any atom is 0.244 e. The Morgan fingerprint density at radius 2 is 1.89 bits per heavy atom. The van der Waals surface area contributed by atoms with E-state index < -0.39 is 0 Å². The molecule has 1 spiro atoms. The van der Waals surface area contributed by atoms with E-state index in [1.165, 1.54) is 25.7 Å². The second kappa shape index (κ2) is 4.21. The highest BCUT2D eigenvalue weighted by molar-refractivity contribution is 5.92. The number of carbonyl (C=O) groups excluding carboxylic acids is 1. The lowest BCUT2D eigenvalue weighted by molar-refractivity contribution is -0.137. The first-order valence-corrected chi connectivity index (χ1v) is 7.98. The molecule has 108 valence electrons. The summed E-state index contributed by atoms with van der Waals surface area (Å²) in [4.78, 5) is 15.1. The summed E-state index contributed by atoms with van der Waals surface area (Å²) in [6, 6.07) is 0.425. The molecule has 1 N–H and O–H groups in total. The molecule has 0 radical (unpaired) electrons. The van der Waals surface area contributed by atoms with Gasteiger partial charge < -0.3 is 4.90 Å². The van der Waals surface area contributed by atoms with Gasteiger partial charge in [-0.15, -0.1) is 0 Å². The summed E-state index contributed by atoms with van der Waals surface area (Å²) in [5, 5.41) is 3.65. The summed E-state index contributed by atoms with van der Waals surface area (Å²) in [6.07, 6.45) is 7.35. The van der Waals surface area contributed by atoms with Crippen molar-refractivity contribution in [2.24, 2.45) is 11.3 Å². The monoisotopic (exact) mass is 264 g/mol. The molecule has 1 amide bonds. The number of nitrogens with zero attached hydrogens (tertiary/aromatic N) is 1. The zero-order chi connectivity index (χ0) is 13.8. The average molecular weight is 264 g/mol. The number of hydrogen-bond donors (Lipinski definition) is 1. The molecule has 2 unspecified atom stereocenters. The van der Waals surface area contributed by atoms with Crippen molar-refractivity contribution < 1.29 is 4.79 Å². The summed E-state index contributed by atoms with van der Waals surface area (Å²) < 4.78 is 0. The van der Waals surface area contributed by atoms with E-state index in [1.807, 2.05) is 0 Å². The number of carbonyl (C=O) groups is 1. The Morgan fingerprint density at radius 1 is 1.21 bits per heavy atom. The smallest absolute Gasteiger partial charge is 0.244 e. The first-order valence-electron chi connectivity index (χ1n) is 7.98. The van der Waals surface area contributed by atoms with Crippen LogP contribution in [0.15, 0.2) is 0 Å². The topological polar surface area (TPSA) is 32.3 Å². The molecule has 1 saturated heterocycles. The van der Waals surface area contributed by atoms with Crippen molar-refractivity contribution in [1.29, 1.82) is 0 Å². The van der Waals surface area contributed by atoms with E-state index in [1.54, 1.807) is 0 Å². The summed E-state index contributed by atoms with van der Waals surface area (Å²) in [7, 11) is 0. The molecule has 1 heterocycles. The van der Waals surface area contributed by atoms with Crippen LogP contribution in [0.25, 0.3) is 0 Å². The Bertz CT molecular complexity index is 384. The predicted molar refractivity (Wildman–Crippen MR) is 76.6 cm³/mol. The van der Waals surface area contributed by atoms with Crippen molar-refractivity contribution in [1.82, 2.24) is 10.2 Å². The minimum Gasteiger partial charge on any atom is -0.322 e. The Hall–Kier alpha value is -0.570. The Balaban J connectivity index is 1.90. The van der Waals surface area contributed by atoms with Crippen LogP contribution in [-0.4, -0.2) is 28.6 Å². The molecule has 3 aliphatic rings. The van der Waals surface area contributed by atoms with Gasteiger partial charge in [0, 0.05) is 6.04 Å². The molecule has 1 aliphatic heterocycles. The predicted octanol–water partition coefficient (Wildman–Crippen LogP) is 2.90. The second-order valence-corrected chi connectivity index (χ2v) is 7.88. The maximum absolute atomic E-state index is 12.9. The Morgan fingerprint density at radius 3 is 2.42 bits per heavy atom. The third-order valence-electron chi connectivity index (χ3n) is 5.54. The average Bonchev–Trinajstić information content (AvgIpc) is 3.04. The van der Waals surface area contributed by atoms with Gasteiger partial charge in [-0.25, -0.2) is 0 Å². The molecule has 3 fully saturated rings. The van der Waals surface area contributed by atoms with Gasteiger partial charge in [-0.1, -0.05) is 40.5 Å². The lowest BCUT2D eigenvalue weighted by Gasteiger charge is -2.46. The van der Waals surface area contributed by atoms with Crippen molar-refractivity contribution in [3.05, 3.63) is 0 Å². The summed E-state index contributed by atoms with van der Waals surface area (Å²) >= 11 is 0. The number of nitrogens with one attached hydrogen (secondary N) is 1. The van der Waals surface area contributed by atoms with E-state index in [0.717, 1.165) is 12.8 Å². The van der Waals surface area contributed by atoms with Crippen LogP contribution in [0, 0.1) is 11.3 Å². The quantitative estimate of drug-likeness (QED) is 0.831. The van der Waals surface area contributed by atoms with Gasteiger partial charge in [0.15, 0.2) is 0 Å². The molecule has 19 heavy (non-hydrogen) atoms. The highest BCUT2D eigenvalue weighted by Gasteiger charge is 2.61. The molecule has 3 nitrogen and oxygen atoms in total. The SMILES string of the molecule is CC(C)C1NC2(CC2)C(=O)N1C1CCCCC1(C)C. The number of rotatable bonds is 2. The Labute approximate surface area is 117 Å². The fourth-order valence-corrected chi connectivity index (χ4v) is 4.09. The first-order chi connectivity index (χ1) is 8.87. The van der Waals surface area contributed by atoms with Gasteiger partial charge >= 0.3 is 0 Å². The summed E-state index contributed by atoms with van der Waals surface area (Å²) in [5.74, 6) is 0.882. The standard InChI is InChI=1S/C16H28N2O/c1-11(2)13-17-16(9-10-16)14(19)18(13)12-7-5-6-8-15(12,3)4/h11-13,17H,5-10H2,1-4H3. The summed E-state index contributed by atoms with van der Waals surface area (Å²) in [6.45, 7) is 9.16. The van der Waals surface area contributed by atoms with E-state index in [9.17, 15) is 4.79 Å². The molecule has 0 aromatic carbocycles. The largest absolute Gasteiger partial charge is 0.322 e. The van der Waals surface area contributed by atoms with Crippen LogP contribution in [0.5, 0.6) is 0 Å². The minimum absolute atomic E-state index is 0.164. The third-order valence-corrected chi connectivity index (χ3v) is 5.54. The zero-order valence-corrected chi connectivity index (χ0v) is 12.8. The minimum atomic E-state index is -0.164. The summed E-state index contributed by atoms with van der Waals surface area (Å²) in [5.41, 5.74) is 0.103. The fraction of sp³-hybridized carbons (Fsp3) is 0.938. The zero-order valence-electron chi connectivity index (χ0n) is 12.8. The van der Waals surface area contributed by atoms with E-state index in [0.29, 0.717) is 17.9 Å². The van der Waals surface area contributed by atoms with Crippen molar-refractivity contribution in [2.45, 2.75) is 84.0 Å². The molecule has 3 rings (SSSR count). The normalized spacial score (nSPS) is 36.3. The van der Waals surface area contributed by atoms with E-state index in [4.69, 9.17) is 0 Å². The molecule has 2 aliphatic carbocycles. The molecule has 0 bridgehead atoms. The first kappa shape index (κ1) is 13.4. The highest BCUT2D eigenvalue weighted by atomic mass is 16.2. The van der Waals surface area contributed by atoms with Crippen molar-refractivity contribution >= 4 is 5.91 Å². The molecule has 0 aromatic heterocycles. The lowest BCUT2D eigenvalue weighted by Crippen LogP contribution is -2.54. The molecular formula is C16H28N2O. The second-order valence-electron chi connectivity index (χ2n) is 7.88. The van der Waals surface area contributed by atoms with Crippen LogP contribution >= 0.6 is 0 Å². The van der Waals surface area contributed by atoms with Crippen molar-refractivity contribution in [3.8, 4) is 0 Å². The van der Waals surface area contributed by atoms with Gasteiger partial charge in [0.1, 0.15) is 0 Å². The molecule has 0 aromatic rings. The number of hydrogen-bond acceptors (Lipinski definition) is 2. The highest BCUT2D eigenvalue weighted by Crippen LogP contribution is 2.48. The van der Waals surface area contributed by atoms with Gasteiger partial charge in [0.05, 0.1) is 11.7 Å². The molecule has 2 atom stereocenters. The maximum atomic E-state index is 12.9.